The first-order valence-corrected chi connectivity index (χ1v) is 19.8. The van der Waals surface area contributed by atoms with Crippen LogP contribution in [0.25, 0.3) is 4.85 Å². The van der Waals surface area contributed by atoms with Gasteiger partial charge in [-0.05, 0) is 119 Å². The summed E-state index contributed by atoms with van der Waals surface area (Å²) in [6.07, 6.45) is 15.3. The fourth-order valence-electron chi connectivity index (χ4n) is 8.80. The van der Waals surface area contributed by atoms with E-state index in [1.54, 1.807) is 38.1 Å². The first kappa shape index (κ1) is 37.4. The number of esters is 2. The number of anilines is 1. The molecule has 3 heterocycles. The van der Waals surface area contributed by atoms with Crippen molar-refractivity contribution in [1.29, 1.82) is 0 Å². The highest BCUT2D eigenvalue weighted by Gasteiger charge is 2.46. The van der Waals surface area contributed by atoms with Crippen molar-refractivity contribution in [2.45, 2.75) is 96.9 Å². The van der Waals surface area contributed by atoms with Gasteiger partial charge in [-0.15, -0.1) is 0 Å². The van der Waals surface area contributed by atoms with Gasteiger partial charge in [-0.3, -0.25) is 9.80 Å². The highest BCUT2D eigenvalue weighted by molar-refractivity contribution is 6.33. The fraction of sp³-hybridized carbons (Fsp3) is 0.465. The van der Waals surface area contributed by atoms with Crippen LogP contribution in [0, 0.1) is 24.3 Å². The Morgan fingerprint density at radius 2 is 1.48 bits per heavy atom. The van der Waals surface area contributed by atoms with Crippen molar-refractivity contribution in [1.82, 2.24) is 9.97 Å². The highest BCUT2D eigenvalue weighted by Crippen LogP contribution is 2.45. The number of hydrogen-bond acceptors (Lipinski definition) is 9. The summed E-state index contributed by atoms with van der Waals surface area (Å²) in [6, 6.07) is 12.9. The van der Waals surface area contributed by atoms with Crippen molar-refractivity contribution >= 4 is 46.4 Å². The maximum atomic E-state index is 12.6. The second kappa shape index (κ2) is 16.6. The molecule has 1 aliphatic heterocycles. The van der Waals surface area contributed by atoms with Gasteiger partial charge in [0.25, 0.3) is 0 Å². The van der Waals surface area contributed by atoms with Crippen molar-refractivity contribution in [3.8, 4) is 0 Å². The molecular weight excluding hydrogens is 702 g/mol. The Morgan fingerprint density at radius 3 is 2.11 bits per heavy atom. The summed E-state index contributed by atoms with van der Waals surface area (Å²) in [5.41, 5.74) is 7.31. The summed E-state index contributed by atoms with van der Waals surface area (Å²) in [5.74, 6) is 0.730. The molecule has 10 nitrogen and oxygen atoms in total. The number of hydrogen-bond donors (Lipinski definition) is 0. The van der Waals surface area contributed by atoms with Gasteiger partial charge in [-0.25, -0.2) is 24.4 Å². The van der Waals surface area contributed by atoms with E-state index in [0.717, 1.165) is 53.2 Å². The third-order valence-electron chi connectivity index (χ3n) is 11.4. The van der Waals surface area contributed by atoms with Crippen LogP contribution in [0.15, 0.2) is 59.2 Å². The summed E-state index contributed by atoms with van der Waals surface area (Å²) in [7, 11) is 0. The zero-order valence-electron chi connectivity index (χ0n) is 31.0. The van der Waals surface area contributed by atoms with E-state index in [4.69, 9.17) is 32.7 Å². The molecule has 2 fully saturated rings. The van der Waals surface area contributed by atoms with Crippen molar-refractivity contribution in [2.75, 3.05) is 18.2 Å². The van der Waals surface area contributed by atoms with Crippen LogP contribution in [0.1, 0.15) is 126 Å². The number of aromatic nitrogens is 2. The molecule has 0 radical (unpaired) electrons. The maximum absolute atomic E-state index is 12.6. The van der Waals surface area contributed by atoms with Gasteiger partial charge in [-0.2, -0.15) is 5.10 Å². The van der Waals surface area contributed by atoms with Gasteiger partial charge < -0.3 is 9.47 Å². The molecule has 0 spiro atoms. The fourth-order valence-corrected chi connectivity index (χ4v) is 9.01. The quantitative estimate of drug-likeness (QED) is 0.133. The molecule has 2 atom stereocenters. The van der Waals surface area contributed by atoms with Gasteiger partial charge in [0, 0.05) is 22.1 Å². The number of carbonyl (C=O) groups is 3. The molecule has 1 aromatic carbocycles. The number of hydrazone groups is 1. The lowest BCUT2D eigenvalue weighted by Crippen LogP contribution is -2.40. The normalized spacial score (nSPS) is 21.4. The van der Waals surface area contributed by atoms with E-state index >= 15 is 0 Å². The summed E-state index contributed by atoms with van der Waals surface area (Å²) in [5, 5.41) is 7.71. The summed E-state index contributed by atoms with van der Waals surface area (Å²) in [4.78, 5) is 48.9. The van der Waals surface area contributed by atoms with Gasteiger partial charge in [-0.1, -0.05) is 49.4 Å². The zero-order valence-corrected chi connectivity index (χ0v) is 31.7. The molecule has 4 aliphatic carbocycles. The molecule has 54 heavy (non-hydrogen) atoms. The van der Waals surface area contributed by atoms with Gasteiger partial charge in [0.05, 0.1) is 48.6 Å². The molecule has 2 unspecified atom stereocenters. The van der Waals surface area contributed by atoms with Crippen LogP contribution in [0.2, 0.25) is 5.02 Å². The van der Waals surface area contributed by atoms with Gasteiger partial charge in [0.2, 0.25) is 5.69 Å². The number of benzene rings is 1. The number of ketones is 1. The van der Waals surface area contributed by atoms with Crippen molar-refractivity contribution < 1.29 is 23.9 Å². The number of ether oxygens (including phenoxy) is 2. The molecule has 280 valence electrons. The van der Waals surface area contributed by atoms with Crippen molar-refractivity contribution in [3.63, 3.8) is 0 Å². The molecule has 0 bridgehead atoms. The van der Waals surface area contributed by atoms with E-state index in [9.17, 15) is 14.4 Å². The van der Waals surface area contributed by atoms with Crippen LogP contribution in [-0.2, 0) is 22.3 Å². The first-order valence-electron chi connectivity index (χ1n) is 19.4. The molecule has 2 saturated carbocycles. The standard InChI is InChI=1S/C25H25ClN4O2.C18H21NO3/c1-3-32-25(31)22-13-9-17-20(28-22)12-10-18-23(17)29-30(24(18)15-6-4-5-7-15)16-8-11-21(27-2)19(26)14-16;1-2-22-18(21)16-10-8-14-15(19-16)9-7-13(17(14)20)11-12-5-3-4-6-12/h8-9,11,13-15,18,24H,3-7,10,12H2,1H3;8,10-12H,2-7,9H2,1H3/b;13-11+. The van der Waals surface area contributed by atoms with Crippen molar-refractivity contribution in [3.05, 3.63) is 104 Å². The molecule has 3 aromatic rings. The van der Waals surface area contributed by atoms with Gasteiger partial charge >= 0.3 is 11.9 Å². The second-order valence-electron chi connectivity index (χ2n) is 14.6. The predicted octanol–water partition coefficient (Wildman–Crippen LogP) is 9.31. The third kappa shape index (κ3) is 7.70. The first-order chi connectivity index (χ1) is 26.3. The second-order valence-corrected chi connectivity index (χ2v) is 15.1. The largest absolute Gasteiger partial charge is 0.461 e. The maximum Gasteiger partial charge on any atom is 0.356 e. The molecule has 5 aliphatic rings. The third-order valence-corrected chi connectivity index (χ3v) is 11.7. The lowest BCUT2D eigenvalue weighted by Gasteiger charge is -2.34. The molecule has 8 rings (SSSR count). The number of fused-ring (bicyclic) bond motifs is 4. The Balaban J connectivity index is 0.000000179. The number of pyridine rings is 2. The summed E-state index contributed by atoms with van der Waals surface area (Å²) >= 11 is 6.38. The van der Waals surface area contributed by atoms with E-state index in [-0.39, 0.29) is 23.5 Å². The molecule has 11 heteroatoms. The number of carbonyl (C=O) groups excluding carboxylic acids is 3. The smallest absolute Gasteiger partial charge is 0.356 e. The Kier molecular flexibility index (Phi) is 11.5. The van der Waals surface area contributed by atoms with Crippen LogP contribution in [0.3, 0.4) is 0 Å². The number of aryl methyl sites for hydroxylation is 2. The Hall–Kier alpha value is -4.88. The number of allylic oxidation sites excluding steroid dienone is 2. The minimum absolute atomic E-state index is 0.0797. The summed E-state index contributed by atoms with van der Waals surface area (Å²) < 4.78 is 10.1. The van der Waals surface area contributed by atoms with Crippen LogP contribution in [0.4, 0.5) is 11.4 Å². The highest BCUT2D eigenvalue weighted by atomic mass is 35.5. The molecule has 0 saturated heterocycles. The van der Waals surface area contributed by atoms with Crippen molar-refractivity contribution in [2.24, 2.45) is 22.9 Å². The average molecular weight is 748 g/mol. The lowest BCUT2D eigenvalue weighted by molar-refractivity contribution is 0.0509. The van der Waals surface area contributed by atoms with E-state index in [2.05, 4.69) is 25.9 Å². The minimum Gasteiger partial charge on any atom is -0.461 e. The molecule has 0 amide bonds. The lowest BCUT2D eigenvalue weighted by atomic mass is 9.76. The minimum atomic E-state index is -0.426. The number of halogens is 1. The van der Waals surface area contributed by atoms with Crippen LogP contribution in [-0.4, -0.2) is 52.7 Å². The number of rotatable bonds is 7. The number of Topliss-reactive ketones (excluding diaryl/α,β-unsaturated/α-hetero) is 1. The zero-order chi connectivity index (χ0) is 37.8. The topological polar surface area (TPSA) is 115 Å². The Labute approximate surface area is 321 Å². The predicted molar refractivity (Wildman–Crippen MR) is 207 cm³/mol. The van der Waals surface area contributed by atoms with Gasteiger partial charge in [0.1, 0.15) is 11.4 Å². The monoisotopic (exact) mass is 747 g/mol. The van der Waals surface area contributed by atoms with Crippen LogP contribution in [0.5, 0.6) is 0 Å². The van der Waals surface area contributed by atoms with E-state index in [0.29, 0.717) is 59.4 Å². The Bertz CT molecular complexity index is 2040. The van der Waals surface area contributed by atoms with E-state index in [1.807, 2.05) is 18.2 Å². The molecule has 2 aromatic heterocycles. The van der Waals surface area contributed by atoms with Gasteiger partial charge in [0.15, 0.2) is 5.78 Å². The molecule has 0 N–H and O–H groups in total. The van der Waals surface area contributed by atoms with Crippen LogP contribution < -0.4 is 5.01 Å². The average Bonchev–Trinajstić information content (AvgIpc) is 3.98. The SMILES string of the molecule is CCOC(=O)c1ccc2c(n1)CC/C(=C\C1CCCC1)C2=O.[C-]#[N+]c1ccc(N2N=C3c4ccc(C(=O)OCC)nc4CCC3C2C2CCCC2)cc1Cl. The van der Waals surface area contributed by atoms with E-state index < -0.39 is 5.97 Å². The number of nitrogens with zero attached hydrogens (tertiary/aromatic N) is 5. The Morgan fingerprint density at radius 1 is 0.852 bits per heavy atom. The molecular formula is C43H46ClN5O5. The van der Waals surface area contributed by atoms with Crippen LogP contribution >= 0.6 is 11.6 Å². The van der Waals surface area contributed by atoms with E-state index in [1.165, 1.54) is 51.4 Å². The summed E-state index contributed by atoms with van der Waals surface area (Å²) in [6.45, 7) is 11.5.